The van der Waals surface area contributed by atoms with Crippen LogP contribution in [0.2, 0.25) is 0 Å². The van der Waals surface area contributed by atoms with Crippen LogP contribution in [0.25, 0.3) is 0 Å². The molecular formula is C22H28O4. The van der Waals surface area contributed by atoms with Gasteiger partial charge in [0.05, 0.1) is 18.3 Å². The van der Waals surface area contributed by atoms with Crippen LogP contribution in [-0.4, -0.2) is 18.7 Å². The topological polar surface area (TPSA) is 44.8 Å². The standard InChI is InChI=1S/C22H28O4/c1-4-5-6-7-16-24-19-10-8-18(9-11-19)22(23)26-21-14-12-20(13-15-21)25-17(2)3/h8-15,17H,4-7,16H2,1-3H3. The van der Waals surface area contributed by atoms with Crippen molar-refractivity contribution in [3.8, 4) is 17.2 Å². The van der Waals surface area contributed by atoms with Gasteiger partial charge in [-0.2, -0.15) is 0 Å². The Bertz CT molecular complexity index is 660. The lowest BCUT2D eigenvalue weighted by molar-refractivity contribution is 0.0734. The zero-order valence-electron chi connectivity index (χ0n) is 15.9. The maximum absolute atomic E-state index is 12.2. The first-order valence-corrected chi connectivity index (χ1v) is 9.30. The van der Waals surface area contributed by atoms with Gasteiger partial charge in [0.1, 0.15) is 17.2 Å². The van der Waals surface area contributed by atoms with Gasteiger partial charge in [-0.15, -0.1) is 0 Å². The molecule has 0 bridgehead atoms. The van der Waals surface area contributed by atoms with E-state index in [1.807, 2.05) is 13.8 Å². The second-order valence-electron chi connectivity index (χ2n) is 6.46. The average Bonchev–Trinajstić information content (AvgIpc) is 2.63. The summed E-state index contributed by atoms with van der Waals surface area (Å²) >= 11 is 0. The number of hydrogen-bond donors (Lipinski definition) is 0. The molecule has 0 aliphatic rings. The van der Waals surface area contributed by atoms with E-state index in [0.717, 1.165) is 17.9 Å². The summed E-state index contributed by atoms with van der Waals surface area (Å²) < 4.78 is 16.6. The van der Waals surface area contributed by atoms with Crippen molar-refractivity contribution in [3.63, 3.8) is 0 Å². The molecule has 0 aliphatic carbocycles. The SMILES string of the molecule is CCCCCCOc1ccc(C(=O)Oc2ccc(OC(C)C)cc2)cc1. The first-order valence-electron chi connectivity index (χ1n) is 9.30. The third-order valence-corrected chi connectivity index (χ3v) is 3.76. The number of ether oxygens (including phenoxy) is 3. The Kier molecular flexibility index (Phi) is 8.00. The average molecular weight is 356 g/mol. The first kappa shape index (κ1) is 19.8. The van der Waals surface area contributed by atoms with Gasteiger partial charge in [-0.3, -0.25) is 0 Å². The Morgan fingerprint density at radius 2 is 1.46 bits per heavy atom. The minimum absolute atomic E-state index is 0.107. The third kappa shape index (κ3) is 6.79. The Hall–Kier alpha value is -2.49. The van der Waals surface area contributed by atoms with Gasteiger partial charge in [0.2, 0.25) is 0 Å². The van der Waals surface area contributed by atoms with Gasteiger partial charge >= 0.3 is 5.97 Å². The van der Waals surface area contributed by atoms with Gasteiger partial charge in [-0.05, 0) is 68.8 Å². The van der Waals surface area contributed by atoms with Crippen LogP contribution >= 0.6 is 0 Å². The molecule has 2 aromatic carbocycles. The number of rotatable bonds is 10. The van der Waals surface area contributed by atoms with E-state index >= 15 is 0 Å². The van der Waals surface area contributed by atoms with Crippen molar-refractivity contribution in [3.05, 3.63) is 54.1 Å². The zero-order chi connectivity index (χ0) is 18.8. The number of carbonyl (C=O) groups excluding carboxylic acids is 1. The monoisotopic (exact) mass is 356 g/mol. The molecular weight excluding hydrogens is 328 g/mol. The molecule has 0 spiro atoms. The maximum Gasteiger partial charge on any atom is 0.343 e. The van der Waals surface area contributed by atoms with Crippen LogP contribution in [0, 0.1) is 0 Å². The molecule has 26 heavy (non-hydrogen) atoms. The summed E-state index contributed by atoms with van der Waals surface area (Å²) in [5.41, 5.74) is 0.492. The Labute approximate surface area is 156 Å². The van der Waals surface area contributed by atoms with Crippen LogP contribution in [0.3, 0.4) is 0 Å². The van der Waals surface area contributed by atoms with Crippen LogP contribution < -0.4 is 14.2 Å². The van der Waals surface area contributed by atoms with Gasteiger partial charge in [-0.25, -0.2) is 4.79 Å². The first-order chi connectivity index (χ1) is 12.6. The second kappa shape index (κ2) is 10.5. The fourth-order valence-electron chi connectivity index (χ4n) is 2.43. The second-order valence-corrected chi connectivity index (χ2v) is 6.46. The lowest BCUT2D eigenvalue weighted by Gasteiger charge is -2.10. The summed E-state index contributed by atoms with van der Waals surface area (Å²) in [6, 6.07) is 14.1. The Balaban J connectivity index is 1.83. The Morgan fingerprint density at radius 1 is 0.846 bits per heavy atom. The maximum atomic E-state index is 12.2. The molecule has 2 rings (SSSR count). The summed E-state index contributed by atoms with van der Waals surface area (Å²) in [5.74, 6) is 1.62. The van der Waals surface area contributed by atoms with Crippen molar-refractivity contribution in [2.75, 3.05) is 6.61 Å². The van der Waals surface area contributed by atoms with Gasteiger partial charge in [-0.1, -0.05) is 26.2 Å². The Morgan fingerprint density at radius 3 is 2.08 bits per heavy atom. The molecule has 0 aromatic heterocycles. The van der Waals surface area contributed by atoms with E-state index in [2.05, 4.69) is 6.92 Å². The highest BCUT2D eigenvalue weighted by atomic mass is 16.5. The van der Waals surface area contributed by atoms with Gasteiger partial charge in [0, 0.05) is 0 Å². The summed E-state index contributed by atoms with van der Waals surface area (Å²) in [4.78, 5) is 12.2. The quantitative estimate of drug-likeness (QED) is 0.313. The molecule has 2 aromatic rings. The van der Waals surface area contributed by atoms with E-state index in [1.54, 1.807) is 48.5 Å². The van der Waals surface area contributed by atoms with E-state index in [9.17, 15) is 4.79 Å². The highest BCUT2D eigenvalue weighted by Gasteiger charge is 2.09. The van der Waals surface area contributed by atoms with Crippen molar-refractivity contribution in [2.24, 2.45) is 0 Å². The van der Waals surface area contributed by atoms with Crippen molar-refractivity contribution in [2.45, 2.75) is 52.6 Å². The summed E-state index contributed by atoms with van der Waals surface area (Å²) in [5, 5.41) is 0. The summed E-state index contributed by atoms with van der Waals surface area (Å²) in [7, 11) is 0. The van der Waals surface area contributed by atoms with E-state index < -0.39 is 5.97 Å². The van der Waals surface area contributed by atoms with Crippen molar-refractivity contribution < 1.29 is 19.0 Å². The largest absolute Gasteiger partial charge is 0.494 e. The van der Waals surface area contributed by atoms with Crippen LogP contribution in [-0.2, 0) is 0 Å². The predicted octanol–water partition coefficient (Wildman–Crippen LogP) is 5.65. The third-order valence-electron chi connectivity index (χ3n) is 3.76. The number of carbonyl (C=O) groups is 1. The van der Waals surface area contributed by atoms with E-state index in [0.29, 0.717) is 17.9 Å². The normalized spacial score (nSPS) is 10.6. The van der Waals surface area contributed by atoms with Crippen LogP contribution in [0.4, 0.5) is 0 Å². The fourth-order valence-corrected chi connectivity index (χ4v) is 2.43. The minimum Gasteiger partial charge on any atom is -0.494 e. The molecule has 140 valence electrons. The zero-order valence-corrected chi connectivity index (χ0v) is 15.9. The lowest BCUT2D eigenvalue weighted by atomic mass is 10.2. The van der Waals surface area contributed by atoms with Crippen molar-refractivity contribution >= 4 is 5.97 Å². The van der Waals surface area contributed by atoms with Gasteiger partial charge < -0.3 is 14.2 Å². The van der Waals surface area contributed by atoms with E-state index in [1.165, 1.54) is 19.3 Å². The smallest absolute Gasteiger partial charge is 0.343 e. The van der Waals surface area contributed by atoms with Gasteiger partial charge in [0.15, 0.2) is 0 Å². The molecule has 0 amide bonds. The highest BCUT2D eigenvalue weighted by molar-refractivity contribution is 5.91. The molecule has 0 radical (unpaired) electrons. The minimum atomic E-state index is -0.392. The summed E-state index contributed by atoms with van der Waals surface area (Å²) in [6.45, 7) is 6.82. The molecule has 0 unspecified atom stereocenters. The van der Waals surface area contributed by atoms with Crippen LogP contribution in [0.1, 0.15) is 56.8 Å². The number of unbranched alkanes of at least 4 members (excludes halogenated alkanes) is 3. The van der Waals surface area contributed by atoms with Crippen LogP contribution in [0.15, 0.2) is 48.5 Å². The predicted molar refractivity (Wildman–Crippen MR) is 103 cm³/mol. The van der Waals surface area contributed by atoms with E-state index in [-0.39, 0.29) is 6.10 Å². The molecule has 4 nitrogen and oxygen atoms in total. The molecule has 0 N–H and O–H groups in total. The van der Waals surface area contributed by atoms with Crippen molar-refractivity contribution in [1.82, 2.24) is 0 Å². The number of esters is 1. The van der Waals surface area contributed by atoms with Crippen LogP contribution in [0.5, 0.6) is 17.2 Å². The molecule has 4 heteroatoms. The van der Waals surface area contributed by atoms with E-state index in [4.69, 9.17) is 14.2 Å². The van der Waals surface area contributed by atoms with Crippen molar-refractivity contribution in [1.29, 1.82) is 0 Å². The van der Waals surface area contributed by atoms with Gasteiger partial charge in [0.25, 0.3) is 0 Å². The highest BCUT2D eigenvalue weighted by Crippen LogP contribution is 2.20. The molecule has 0 aliphatic heterocycles. The molecule has 0 heterocycles. The molecule has 0 fully saturated rings. The summed E-state index contributed by atoms with van der Waals surface area (Å²) in [6.07, 6.45) is 4.79. The number of benzene rings is 2. The number of hydrogen-bond acceptors (Lipinski definition) is 4. The molecule has 0 atom stereocenters. The fraction of sp³-hybridized carbons (Fsp3) is 0.409. The molecule has 0 saturated heterocycles. The lowest BCUT2D eigenvalue weighted by Crippen LogP contribution is -2.09. The molecule has 0 saturated carbocycles.